The van der Waals surface area contributed by atoms with E-state index in [2.05, 4.69) is 11.1 Å². The molecule has 0 unspecified atom stereocenters. The zero-order chi connectivity index (χ0) is 18.3. The fraction of sp³-hybridized carbons (Fsp3) is 0.684. The van der Waals surface area contributed by atoms with Crippen molar-refractivity contribution in [2.24, 2.45) is 5.92 Å². The third kappa shape index (κ3) is 3.46. The van der Waals surface area contributed by atoms with Gasteiger partial charge in [0, 0.05) is 30.2 Å². The first-order valence-electron chi connectivity index (χ1n) is 9.43. The van der Waals surface area contributed by atoms with Gasteiger partial charge in [-0.15, -0.1) is 0 Å². The van der Waals surface area contributed by atoms with E-state index >= 15 is 0 Å². The van der Waals surface area contributed by atoms with Crippen LogP contribution >= 0.6 is 0 Å². The molecule has 0 radical (unpaired) electrons. The molecule has 1 atom stereocenters. The van der Waals surface area contributed by atoms with Crippen LogP contribution in [0.4, 0.5) is 13.2 Å². The lowest BCUT2D eigenvalue weighted by Crippen LogP contribution is -2.27. The second kappa shape index (κ2) is 6.83. The lowest BCUT2D eigenvalue weighted by atomic mass is 9.80. The van der Waals surface area contributed by atoms with Crippen LogP contribution in [0.5, 0.6) is 0 Å². The minimum Gasteiger partial charge on any atom is -0.381 e. The van der Waals surface area contributed by atoms with E-state index in [4.69, 9.17) is 9.84 Å². The zero-order valence-corrected chi connectivity index (χ0v) is 14.9. The molecule has 1 aliphatic heterocycles. The Morgan fingerprint density at radius 2 is 1.85 bits per heavy atom. The van der Waals surface area contributed by atoms with E-state index in [1.165, 1.54) is 0 Å². The summed E-state index contributed by atoms with van der Waals surface area (Å²) in [6, 6.07) is 4.02. The van der Waals surface area contributed by atoms with E-state index in [9.17, 15) is 13.2 Å². The van der Waals surface area contributed by atoms with Crippen molar-refractivity contribution in [2.45, 2.75) is 63.5 Å². The Hall–Kier alpha value is -1.63. The fourth-order valence-electron chi connectivity index (χ4n) is 4.33. The fourth-order valence-corrected chi connectivity index (χ4v) is 4.33. The number of alkyl halides is 3. The standard InChI is InChI=1S/C19H24F3N3O/c1-12-9-17(14-3-2-8-26-11-14)25-18(23-12)10-16(24-25)13-4-6-15(7-5-13)19(20,21)22/h9-10,13-15H,2-8,11H2,1H3/t13-,14-,15-/m0/s1. The van der Waals surface area contributed by atoms with Gasteiger partial charge in [-0.05, 0) is 51.5 Å². The third-order valence-corrected chi connectivity index (χ3v) is 5.79. The third-order valence-electron chi connectivity index (χ3n) is 5.79. The second-order valence-electron chi connectivity index (χ2n) is 7.67. The van der Waals surface area contributed by atoms with Gasteiger partial charge < -0.3 is 4.74 Å². The summed E-state index contributed by atoms with van der Waals surface area (Å²) in [7, 11) is 0. The van der Waals surface area contributed by atoms with Crippen LogP contribution in [0.25, 0.3) is 5.65 Å². The van der Waals surface area contributed by atoms with Gasteiger partial charge in [-0.2, -0.15) is 18.3 Å². The van der Waals surface area contributed by atoms with Crippen molar-refractivity contribution in [1.82, 2.24) is 14.6 Å². The summed E-state index contributed by atoms with van der Waals surface area (Å²) in [5.74, 6) is -0.779. The molecule has 0 bridgehead atoms. The van der Waals surface area contributed by atoms with Gasteiger partial charge in [-0.3, -0.25) is 0 Å². The summed E-state index contributed by atoms with van der Waals surface area (Å²) >= 11 is 0. The van der Waals surface area contributed by atoms with Crippen molar-refractivity contribution in [3.05, 3.63) is 29.2 Å². The zero-order valence-electron chi connectivity index (χ0n) is 14.9. The summed E-state index contributed by atoms with van der Waals surface area (Å²) < 4.78 is 46.2. The average molecular weight is 367 g/mol. The average Bonchev–Trinajstić information content (AvgIpc) is 3.05. The van der Waals surface area contributed by atoms with Crippen molar-refractivity contribution in [3.63, 3.8) is 0 Å². The summed E-state index contributed by atoms with van der Waals surface area (Å²) in [6.07, 6.45) is -0.524. The van der Waals surface area contributed by atoms with Crippen LogP contribution in [-0.2, 0) is 4.74 Å². The summed E-state index contributed by atoms with van der Waals surface area (Å²) in [4.78, 5) is 4.58. The smallest absolute Gasteiger partial charge is 0.381 e. The van der Waals surface area contributed by atoms with Gasteiger partial charge in [-0.25, -0.2) is 9.50 Å². The van der Waals surface area contributed by atoms with Gasteiger partial charge in [0.25, 0.3) is 0 Å². The van der Waals surface area contributed by atoms with E-state index in [-0.39, 0.29) is 18.8 Å². The van der Waals surface area contributed by atoms with E-state index in [1.807, 2.05) is 17.5 Å². The monoisotopic (exact) mass is 367 g/mol. The number of fused-ring (bicyclic) bond motifs is 1. The molecule has 0 N–H and O–H groups in total. The van der Waals surface area contributed by atoms with Gasteiger partial charge in [-0.1, -0.05) is 0 Å². The molecule has 0 aromatic carbocycles. The predicted octanol–water partition coefficient (Wildman–Crippen LogP) is 4.77. The molecule has 1 aliphatic carbocycles. The van der Waals surface area contributed by atoms with Gasteiger partial charge in [0.1, 0.15) is 0 Å². The molecule has 4 rings (SSSR count). The number of aryl methyl sites for hydroxylation is 1. The number of nitrogens with zero attached hydrogens (tertiary/aromatic N) is 3. The van der Waals surface area contributed by atoms with E-state index in [0.717, 1.165) is 42.2 Å². The number of aromatic nitrogens is 3. The minimum atomic E-state index is -4.07. The molecule has 7 heteroatoms. The highest BCUT2D eigenvalue weighted by Gasteiger charge is 2.42. The predicted molar refractivity (Wildman–Crippen MR) is 91.3 cm³/mol. The number of hydrogen-bond acceptors (Lipinski definition) is 3. The van der Waals surface area contributed by atoms with Crippen LogP contribution in [0.2, 0.25) is 0 Å². The Morgan fingerprint density at radius 3 is 2.50 bits per heavy atom. The molecule has 142 valence electrons. The SMILES string of the molecule is Cc1cc([C@H]2CCCOC2)n2nc([C@H]3CC[C@H](C(F)(F)F)CC3)cc2n1. The van der Waals surface area contributed by atoms with Gasteiger partial charge >= 0.3 is 6.18 Å². The highest BCUT2D eigenvalue weighted by Crippen LogP contribution is 2.42. The first-order chi connectivity index (χ1) is 12.4. The highest BCUT2D eigenvalue weighted by molar-refractivity contribution is 5.43. The maximum atomic E-state index is 12.9. The topological polar surface area (TPSA) is 39.4 Å². The molecular weight excluding hydrogens is 343 g/mol. The van der Waals surface area contributed by atoms with Gasteiger partial charge in [0.05, 0.1) is 23.9 Å². The Balaban J connectivity index is 1.60. The van der Waals surface area contributed by atoms with Crippen LogP contribution < -0.4 is 0 Å². The summed E-state index contributed by atoms with van der Waals surface area (Å²) in [6.45, 7) is 3.45. The molecule has 2 aliphatic rings. The number of hydrogen-bond donors (Lipinski definition) is 0. The highest BCUT2D eigenvalue weighted by atomic mass is 19.4. The van der Waals surface area contributed by atoms with Crippen molar-refractivity contribution in [2.75, 3.05) is 13.2 Å². The molecule has 1 saturated heterocycles. The van der Waals surface area contributed by atoms with E-state index in [1.54, 1.807) is 0 Å². The Kier molecular flexibility index (Phi) is 4.67. The van der Waals surface area contributed by atoms with E-state index < -0.39 is 12.1 Å². The Labute approximate surface area is 150 Å². The normalized spacial score (nSPS) is 27.8. The number of rotatable bonds is 2. The first-order valence-corrected chi connectivity index (χ1v) is 9.43. The molecule has 0 spiro atoms. The van der Waals surface area contributed by atoms with Gasteiger partial charge in [0.15, 0.2) is 5.65 Å². The lowest BCUT2D eigenvalue weighted by Gasteiger charge is -2.28. The van der Waals surface area contributed by atoms with Crippen LogP contribution in [0.15, 0.2) is 12.1 Å². The van der Waals surface area contributed by atoms with Gasteiger partial charge in [0.2, 0.25) is 0 Å². The molecule has 2 fully saturated rings. The first kappa shape index (κ1) is 17.8. The molecular formula is C19H24F3N3O. The summed E-state index contributed by atoms with van der Waals surface area (Å²) in [5.41, 5.74) is 3.70. The Bertz CT molecular complexity index is 772. The number of halogens is 3. The maximum Gasteiger partial charge on any atom is 0.391 e. The largest absolute Gasteiger partial charge is 0.391 e. The number of ether oxygens (including phenoxy) is 1. The van der Waals surface area contributed by atoms with Crippen molar-refractivity contribution >= 4 is 5.65 Å². The van der Waals surface area contributed by atoms with Crippen LogP contribution in [0.3, 0.4) is 0 Å². The molecule has 2 aromatic heterocycles. The molecule has 26 heavy (non-hydrogen) atoms. The van der Waals surface area contributed by atoms with Crippen LogP contribution in [0, 0.1) is 12.8 Å². The summed E-state index contributed by atoms with van der Waals surface area (Å²) in [5, 5.41) is 4.76. The second-order valence-corrected chi connectivity index (χ2v) is 7.67. The van der Waals surface area contributed by atoms with Crippen LogP contribution in [-0.4, -0.2) is 34.0 Å². The molecule has 2 aromatic rings. The molecule has 4 nitrogen and oxygen atoms in total. The quantitative estimate of drug-likeness (QED) is 0.768. The van der Waals surface area contributed by atoms with Crippen LogP contribution in [0.1, 0.15) is 67.4 Å². The minimum absolute atomic E-state index is 0.0889. The maximum absolute atomic E-state index is 12.9. The van der Waals surface area contributed by atoms with Crippen molar-refractivity contribution in [1.29, 1.82) is 0 Å². The van der Waals surface area contributed by atoms with Crippen molar-refractivity contribution < 1.29 is 17.9 Å². The molecule has 0 amide bonds. The van der Waals surface area contributed by atoms with Crippen molar-refractivity contribution in [3.8, 4) is 0 Å². The van der Waals surface area contributed by atoms with E-state index in [0.29, 0.717) is 25.4 Å². The molecule has 1 saturated carbocycles. The molecule has 3 heterocycles. The lowest BCUT2D eigenvalue weighted by molar-refractivity contribution is -0.182. The Morgan fingerprint density at radius 1 is 1.08 bits per heavy atom.